The van der Waals surface area contributed by atoms with Crippen molar-refractivity contribution >= 4 is 11.6 Å². The lowest BCUT2D eigenvalue weighted by Gasteiger charge is -2.19. The van der Waals surface area contributed by atoms with Gasteiger partial charge in [-0.25, -0.2) is 4.98 Å². The van der Waals surface area contributed by atoms with Crippen molar-refractivity contribution < 1.29 is 4.74 Å². The van der Waals surface area contributed by atoms with E-state index in [1.807, 2.05) is 18.2 Å². The van der Waals surface area contributed by atoms with E-state index in [0.29, 0.717) is 10.9 Å². The quantitative estimate of drug-likeness (QED) is 0.723. The molecule has 2 rings (SSSR count). The lowest BCUT2D eigenvalue weighted by atomic mass is 9.87. The Bertz CT molecular complexity index is 546. The van der Waals surface area contributed by atoms with Gasteiger partial charge in [-0.2, -0.15) is 0 Å². The molecule has 0 N–H and O–H groups in total. The Labute approximate surface area is 113 Å². The molecule has 0 aliphatic rings. The zero-order valence-electron chi connectivity index (χ0n) is 10.8. The SMILES string of the molecule is CC(C)(C)c1cccc(Oc2ccnc(Cl)c2)c1. The van der Waals surface area contributed by atoms with Crippen LogP contribution in [0, 0.1) is 0 Å². The van der Waals surface area contributed by atoms with Crippen molar-refractivity contribution in [3.63, 3.8) is 0 Å². The first-order chi connectivity index (χ1) is 8.45. The summed E-state index contributed by atoms with van der Waals surface area (Å²) in [5.74, 6) is 1.51. The number of nitrogens with zero attached hydrogens (tertiary/aromatic N) is 1. The van der Waals surface area contributed by atoms with E-state index in [0.717, 1.165) is 5.75 Å². The molecule has 0 amide bonds. The topological polar surface area (TPSA) is 22.1 Å². The highest BCUT2D eigenvalue weighted by atomic mass is 35.5. The molecule has 1 aromatic heterocycles. The number of halogens is 1. The van der Waals surface area contributed by atoms with Crippen LogP contribution in [0.1, 0.15) is 26.3 Å². The molecular formula is C15H16ClNO. The second-order valence-corrected chi connectivity index (χ2v) is 5.58. The number of benzene rings is 1. The van der Waals surface area contributed by atoms with Crippen LogP contribution < -0.4 is 4.74 Å². The summed E-state index contributed by atoms with van der Waals surface area (Å²) in [6.07, 6.45) is 1.63. The molecule has 0 saturated carbocycles. The van der Waals surface area contributed by atoms with Gasteiger partial charge in [-0.15, -0.1) is 0 Å². The Morgan fingerprint density at radius 1 is 1.06 bits per heavy atom. The molecule has 0 saturated heterocycles. The molecule has 2 aromatic rings. The third kappa shape index (κ3) is 3.23. The van der Waals surface area contributed by atoms with Gasteiger partial charge in [0.1, 0.15) is 16.7 Å². The minimum Gasteiger partial charge on any atom is -0.457 e. The average molecular weight is 262 g/mol. The molecule has 3 heteroatoms. The van der Waals surface area contributed by atoms with Gasteiger partial charge in [-0.3, -0.25) is 0 Å². The number of pyridine rings is 1. The maximum absolute atomic E-state index is 5.82. The zero-order valence-corrected chi connectivity index (χ0v) is 11.5. The van der Waals surface area contributed by atoms with Gasteiger partial charge >= 0.3 is 0 Å². The van der Waals surface area contributed by atoms with Gasteiger partial charge < -0.3 is 4.74 Å². The van der Waals surface area contributed by atoms with Crippen LogP contribution in [0.15, 0.2) is 42.6 Å². The second-order valence-electron chi connectivity index (χ2n) is 5.19. The minimum absolute atomic E-state index is 0.106. The summed E-state index contributed by atoms with van der Waals surface area (Å²) in [5.41, 5.74) is 1.34. The fourth-order valence-electron chi connectivity index (χ4n) is 1.61. The Balaban J connectivity index is 2.25. The third-order valence-electron chi connectivity index (χ3n) is 2.63. The fourth-order valence-corrected chi connectivity index (χ4v) is 1.77. The summed E-state index contributed by atoms with van der Waals surface area (Å²) in [4.78, 5) is 3.92. The molecule has 1 aromatic carbocycles. The fraction of sp³-hybridized carbons (Fsp3) is 0.267. The molecule has 0 unspecified atom stereocenters. The van der Waals surface area contributed by atoms with E-state index in [1.165, 1.54) is 5.56 Å². The van der Waals surface area contributed by atoms with Gasteiger partial charge in [0, 0.05) is 12.3 Å². The Kier molecular flexibility index (Phi) is 3.58. The van der Waals surface area contributed by atoms with E-state index < -0.39 is 0 Å². The van der Waals surface area contributed by atoms with Gasteiger partial charge in [0.15, 0.2) is 0 Å². The molecule has 0 radical (unpaired) electrons. The van der Waals surface area contributed by atoms with Crippen molar-refractivity contribution in [3.05, 3.63) is 53.3 Å². The van der Waals surface area contributed by atoms with Crippen LogP contribution in [0.2, 0.25) is 5.15 Å². The Hall–Kier alpha value is -1.54. The molecule has 0 bridgehead atoms. The van der Waals surface area contributed by atoms with Crippen LogP contribution in [0.5, 0.6) is 11.5 Å². The van der Waals surface area contributed by atoms with Crippen molar-refractivity contribution in [2.75, 3.05) is 0 Å². The third-order valence-corrected chi connectivity index (χ3v) is 2.84. The summed E-state index contributed by atoms with van der Waals surface area (Å²) < 4.78 is 5.77. The summed E-state index contributed by atoms with van der Waals surface area (Å²) in [7, 11) is 0. The summed E-state index contributed by atoms with van der Waals surface area (Å²) in [5, 5.41) is 0.430. The first kappa shape index (κ1) is 12.9. The molecule has 0 atom stereocenters. The van der Waals surface area contributed by atoms with E-state index in [4.69, 9.17) is 16.3 Å². The summed E-state index contributed by atoms with van der Waals surface area (Å²) in [6, 6.07) is 11.6. The predicted molar refractivity (Wildman–Crippen MR) is 74.5 cm³/mol. The largest absolute Gasteiger partial charge is 0.457 e. The van der Waals surface area contributed by atoms with Gasteiger partial charge in [0.05, 0.1) is 0 Å². The number of ether oxygens (including phenoxy) is 1. The van der Waals surface area contributed by atoms with Crippen LogP contribution in [0.25, 0.3) is 0 Å². The number of hydrogen-bond acceptors (Lipinski definition) is 2. The maximum Gasteiger partial charge on any atom is 0.132 e. The monoisotopic (exact) mass is 261 g/mol. The van der Waals surface area contributed by atoms with Crippen LogP contribution in [0.3, 0.4) is 0 Å². The van der Waals surface area contributed by atoms with E-state index in [9.17, 15) is 0 Å². The van der Waals surface area contributed by atoms with Crippen LogP contribution in [-0.2, 0) is 5.41 Å². The van der Waals surface area contributed by atoms with Gasteiger partial charge in [0.2, 0.25) is 0 Å². The van der Waals surface area contributed by atoms with Gasteiger partial charge in [-0.1, -0.05) is 44.5 Å². The van der Waals surface area contributed by atoms with E-state index in [1.54, 1.807) is 18.3 Å². The smallest absolute Gasteiger partial charge is 0.132 e. The van der Waals surface area contributed by atoms with Crippen molar-refractivity contribution in [1.82, 2.24) is 4.98 Å². The second kappa shape index (κ2) is 4.99. The molecule has 1 heterocycles. The predicted octanol–water partition coefficient (Wildman–Crippen LogP) is 4.82. The number of aromatic nitrogens is 1. The highest BCUT2D eigenvalue weighted by molar-refractivity contribution is 6.29. The number of hydrogen-bond donors (Lipinski definition) is 0. The Morgan fingerprint density at radius 3 is 2.44 bits per heavy atom. The van der Waals surface area contributed by atoms with Crippen LogP contribution >= 0.6 is 11.6 Å². The lowest BCUT2D eigenvalue weighted by Crippen LogP contribution is -2.10. The van der Waals surface area contributed by atoms with Gasteiger partial charge in [-0.05, 0) is 29.2 Å². The van der Waals surface area contributed by atoms with Crippen molar-refractivity contribution in [3.8, 4) is 11.5 Å². The molecule has 18 heavy (non-hydrogen) atoms. The van der Waals surface area contributed by atoms with Crippen LogP contribution in [-0.4, -0.2) is 4.98 Å². The summed E-state index contributed by atoms with van der Waals surface area (Å²) >= 11 is 5.82. The molecule has 2 nitrogen and oxygen atoms in total. The first-order valence-electron chi connectivity index (χ1n) is 5.85. The highest BCUT2D eigenvalue weighted by Gasteiger charge is 2.14. The summed E-state index contributed by atoms with van der Waals surface area (Å²) in [6.45, 7) is 6.53. The molecule has 94 valence electrons. The molecular weight excluding hydrogens is 246 g/mol. The van der Waals surface area contributed by atoms with Gasteiger partial charge in [0.25, 0.3) is 0 Å². The Morgan fingerprint density at radius 2 is 1.78 bits per heavy atom. The van der Waals surface area contributed by atoms with Crippen molar-refractivity contribution in [1.29, 1.82) is 0 Å². The van der Waals surface area contributed by atoms with E-state index in [2.05, 4.69) is 31.8 Å². The normalized spacial score (nSPS) is 11.3. The molecule has 0 aliphatic heterocycles. The van der Waals surface area contributed by atoms with Crippen molar-refractivity contribution in [2.24, 2.45) is 0 Å². The minimum atomic E-state index is 0.106. The van der Waals surface area contributed by atoms with Crippen LogP contribution in [0.4, 0.5) is 0 Å². The van der Waals surface area contributed by atoms with E-state index >= 15 is 0 Å². The average Bonchev–Trinajstić information content (AvgIpc) is 2.28. The molecule has 0 aliphatic carbocycles. The molecule has 0 fully saturated rings. The molecule has 0 spiro atoms. The maximum atomic E-state index is 5.82. The zero-order chi connectivity index (χ0) is 13.2. The number of rotatable bonds is 2. The van der Waals surface area contributed by atoms with Crippen molar-refractivity contribution in [2.45, 2.75) is 26.2 Å². The lowest BCUT2D eigenvalue weighted by molar-refractivity contribution is 0.478. The standard InChI is InChI=1S/C15H16ClNO/c1-15(2,3)11-5-4-6-12(9-11)18-13-7-8-17-14(16)10-13/h4-10H,1-3H3. The van der Waals surface area contributed by atoms with E-state index in [-0.39, 0.29) is 5.41 Å². The highest BCUT2D eigenvalue weighted by Crippen LogP contribution is 2.28. The first-order valence-corrected chi connectivity index (χ1v) is 6.23.